The molecular weight excluding hydrogens is 285 g/mol. The molecule has 1 aromatic rings. The monoisotopic (exact) mass is 302 g/mol. The fourth-order valence-electron chi connectivity index (χ4n) is 2.42. The molecule has 0 atom stereocenters. The molecule has 1 saturated heterocycles. The Kier molecular flexibility index (Phi) is 4.34. The standard InChI is InChI=1S/C14H17F3N2O2/c1-13(2,19-5-7-21-8-6-19)12(20)10-9-18-4-3-11(10)14(15,16)17/h3-4,9H,5-8H2,1-2H3. The number of morpholine rings is 1. The number of ketones is 1. The van der Waals surface area contributed by atoms with Gasteiger partial charge in [0.05, 0.1) is 29.9 Å². The molecule has 0 aliphatic carbocycles. The van der Waals surface area contributed by atoms with E-state index in [9.17, 15) is 18.0 Å². The van der Waals surface area contributed by atoms with Crippen molar-refractivity contribution in [2.75, 3.05) is 26.3 Å². The Balaban J connectivity index is 2.35. The molecule has 0 N–H and O–H groups in total. The molecule has 1 aromatic heterocycles. The summed E-state index contributed by atoms with van der Waals surface area (Å²) in [6.45, 7) is 5.23. The number of carbonyl (C=O) groups is 1. The maximum atomic E-state index is 13.0. The Labute approximate surface area is 120 Å². The molecule has 0 saturated carbocycles. The average Bonchev–Trinajstić information content (AvgIpc) is 2.46. The van der Waals surface area contributed by atoms with Crippen LogP contribution in [0.2, 0.25) is 0 Å². The van der Waals surface area contributed by atoms with Crippen LogP contribution in [0.25, 0.3) is 0 Å². The van der Waals surface area contributed by atoms with E-state index < -0.39 is 23.1 Å². The van der Waals surface area contributed by atoms with Gasteiger partial charge in [-0.1, -0.05) is 0 Å². The summed E-state index contributed by atoms with van der Waals surface area (Å²) in [4.78, 5) is 18.1. The maximum absolute atomic E-state index is 13.0. The van der Waals surface area contributed by atoms with Crippen molar-refractivity contribution in [1.29, 1.82) is 0 Å². The van der Waals surface area contributed by atoms with E-state index in [1.54, 1.807) is 13.8 Å². The van der Waals surface area contributed by atoms with E-state index in [0.717, 1.165) is 18.5 Å². The predicted octanol–water partition coefficient (Wildman–Crippen LogP) is 2.39. The van der Waals surface area contributed by atoms with Gasteiger partial charge in [-0.25, -0.2) is 0 Å². The van der Waals surface area contributed by atoms with E-state index in [-0.39, 0.29) is 5.56 Å². The number of carbonyl (C=O) groups excluding carboxylic acids is 1. The highest BCUT2D eigenvalue weighted by molar-refractivity contribution is 6.03. The van der Waals surface area contributed by atoms with Crippen molar-refractivity contribution in [2.24, 2.45) is 0 Å². The average molecular weight is 302 g/mol. The Bertz CT molecular complexity index is 523. The van der Waals surface area contributed by atoms with Gasteiger partial charge < -0.3 is 4.74 Å². The summed E-state index contributed by atoms with van der Waals surface area (Å²) < 4.78 is 44.3. The van der Waals surface area contributed by atoms with Crippen molar-refractivity contribution in [3.8, 4) is 0 Å². The van der Waals surface area contributed by atoms with E-state index >= 15 is 0 Å². The third-order valence-electron chi connectivity index (χ3n) is 3.73. The van der Waals surface area contributed by atoms with Crippen molar-refractivity contribution < 1.29 is 22.7 Å². The lowest BCUT2D eigenvalue weighted by Gasteiger charge is -2.39. The normalized spacial score (nSPS) is 17.8. The first-order valence-corrected chi connectivity index (χ1v) is 6.63. The molecule has 1 aliphatic rings. The Hall–Kier alpha value is -1.47. The molecule has 2 heterocycles. The molecule has 1 fully saturated rings. The van der Waals surface area contributed by atoms with Gasteiger partial charge in [-0.2, -0.15) is 13.2 Å². The second-order valence-corrected chi connectivity index (χ2v) is 5.41. The third-order valence-corrected chi connectivity index (χ3v) is 3.73. The first-order valence-electron chi connectivity index (χ1n) is 6.63. The van der Waals surface area contributed by atoms with Crippen LogP contribution in [-0.4, -0.2) is 47.5 Å². The highest BCUT2D eigenvalue weighted by Crippen LogP contribution is 2.34. The lowest BCUT2D eigenvalue weighted by atomic mass is 9.89. The van der Waals surface area contributed by atoms with Crippen LogP contribution in [0.5, 0.6) is 0 Å². The minimum Gasteiger partial charge on any atom is -0.379 e. The SMILES string of the molecule is CC(C)(C(=O)c1cnccc1C(F)(F)F)N1CCOCC1. The van der Waals surface area contributed by atoms with Crippen LogP contribution in [0.3, 0.4) is 0 Å². The highest BCUT2D eigenvalue weighted by atomic mass is 19.4. The highest BCUT2D eigenvalue weighted by Gasteiger charge is 2.41. The summed E-state index contributed by atoms with van der Waals surface area (Å²) >= 11 is 0. The van der Waals surface area contributed by atoms with Gasteiger partial charge in [-0.3, -0.25) is 14.7 Å². The van der Waals surface area contributed by atoms with Crippen molar-refractivity contribution in [3.63, 3.8) is 0 Å². The second-order valence-electron chi connectivity index (χ2n) is 5.41. The zero-order valence-corrected chi connectivity index (χ0v) is 11.9. The number of rotatable bonds is 3. The van der Waals surface area contributed by atoms with E-state index in [0.29, 0.717) is 26.3 Å². The predicted molar refractivity (Wildman–Crippen MR) is 70.0 cm³/mol. The third kappa shape index (κ3) is 3.24. The fourth-order valence-corrected chi connectivity index (χ4v) is 2.42. The molecule has 0 amide bonds. The molecule has 21 heavy (non-hydrogen) atoms. The molecule has 0 bridgehead atoms. The number of halogens is 3. The maximum Gasteiger partial charge on any atom is 0.417 e. The molecule has 2 rings (SSSR count). The quantitative estimate of drug-likeness (QED) is 0.804. The Morgan fingerprint density at radius 3 is 2.48 bits per heavy atom. The van der Waals surface area contributed by atoms with Gasteiger partial charge in [0.25, 0.3) is 0 Å². The van der Waals surface area contributed by atoms with Gasteiger partial charge in [0, 0.05) is 25.5 Å². The Morgan fingerprint density at radius 2 is 1.90 bits per heavy atom. The lowest BCUT2D eigenvalue weighted by molar-refractivity contribution is -0.138. The van der Waals surface area contributed by atoms with Crippen molar-refractivity contribution in [3.05, 3.63) is 29.6 Å². The van der Waals surface area contributed by atoms with Gasteiger partial charge >= 0.3 is 6.18 Å². The molecule has 4 nitrogen and oxygen atoms in total. The van der Waals surface area contributed by atoms with Gasteiger partial charge in [0.15, 0.2) is 5.78 Å². The minimum atomic E-state index is -4.57. The van der Waals surface area contributed by atoms with Crippen molar-refractivity contribution in [1.82, 2.24) is 9.88 Å². The first-order chi connectivity index (χ1) is 9.74. The van der Waals surface area contributed by atoms with Gasteiger partial charge in [0.1, 0.15) is 0 Å². The van der Waals surface area contributed by atoms with Crippen LogP contribution >= 0.6 is 0 Å². The summed E-state index contributed by atoms with van der Waals surface area (Å²) in [5.41, 5.74) is -2.36. The summed E-state index contributed by atoms with van der Waals surface area (Å²) in [5, 5.41) is 0. The van der Waals surface area contributed by atoms with E-state index in [4.69, 9.17) is 4.74 Å². The van der Waals surface area contributed by atoms with Gasteiger partial charge in [0.2, 0.25) is 0 Å². The van der Waals surface area contributed by atoms with Crippen LogP contribution in [0, 0.1) is 0 Å². The van der Waals surface area contributed by atoms with E-state index in [1.807, 2.05) is 4.90 Å². The van der Waals surface area contributed by atoms with Crippen LogP contribution < -0.4 is 0 Å². The molecule has 7 heteroatoms. The zero-order valence-electron chi connectivity index (χ0n) is 11.9. The Morgan fingerprint density at radius 1 is 1.29 bits per heavy atom. The molecule has 116 valence electrons. The summed E-state index contributed by atoms with van der Waals surface area (Å²) in [7, 11) is 0. The second kappa shape index (κ2) is 5.73. The lowest BCUT2D eigenvalue weighted by Crippen LogP contribution is -2.54. The van der Waals surface area contributed by atoms with Gasteiger partial charge in [-0.15, -0.1) is 0 Å². The number of alkyl halides is 3. The number of ether oxygens (including phenoxy) is 1. The number of hydrogen-bond acceptors (Lipinski definition) is 4. The molecule has 1 aliphatic heterocycles. The topological polar surface area (TPSA) is 42.4 Å². The summed E-state index contributed by atoms with van der Waals surface area (Å²) in [5.74, 6) is -0.579. The van der Waals surface area contributed by atoms with Gasteiger partial charge in [-0.05, 0) is 19.9 Å². The molecule has 0 unspecified atom stereocenters. The van der Waals surface area contributed by atoms with Crippen LogP contribution in [0.1, 0.15) is 29.8 Å². The molecule has 0 radical (unpaired) electrons. The molecule has 0 spiro atoms. The molecular formula is C14H17F3N2O2. The van der Waals surface area contributed by atoms with Crippen LogP contribution in [0.15, 0.2) is 18.5 Å². The summed E-state index contributed by atoms with van der Waals surface area (Å²) in [6.07, 6.45) is -2.54. The minimum absolute atomic E-state index is 0.388. The smallest absolute Gasteiger partial charge is 0.379 e. The number of aromatic nitrogens is 1. The first kappa shape index (κ1) is 15.9. The number of Topliss-reactive ketones (excluding diaryl/α,β-unsaturated/α-hetero) is 1. The molecule has 0 aromatic carbocycles. The number of hydrogen-bond donors (Lipinski definition) is 0. The van der Waals surface area contributed by atoms with Crippen molar-refractivity contribution >= 4 is 5.78 Å². The summed E-state index contributed by atoms with van der Waals surface area (Å²) in [6, 6.07) is 0.836. The van der Waals surface area contributed by atoms with Crippen molar-refractivity contribution in [2.45, 2.75) is 25.6 Å². The van der Waals surface area contributed by atoms with E-state index in [1.165, 1.54) is 0 Å². The number of pyridine rings is 1. The zero-order chi connectivity index (χ0) is 15.7. The van der Waals surface area contributed by atoms with Crippen LogP contribution in [0.4, 0.5) is 13.2 Å². The van der Waals surface area contributed by atoms with Crippen LogP contribution in [-0.2, 0) is 10.9 Å². The fraction of sp³-hybridized carbons (Fsp3) is 0.571. The van der Waals surface area contributed by atoms with E-state index in [2.05, 4.69) is 4.98 Å². The number of nitrogens with zero attached hydrogens (tertiary/aromatic N) is 2. The largest absolute Gasteiger partial charge is 0.417 e.